The fourth-order valence-electron chi connectivity index (χ4n) is 3.26. The zero-order valence-corrected chi connectivity index (χ0v) is 15.5. The Balaban J connectivity index is 2.53. The molecule has 0 N–H and O–H groups in total. The third-order valence-corrected chi connectivity index (χ3v) is 4.37. The highest BCUT2D eigenvalue weighted by molar-refractivity contribution is 5.20. The lowest BCUT2D eigenvalue weighted by molar-refractivity contribution is -0.830. The summed E-state index contributed by atoms with van der Waals surface area (Å²) in [6.45, 7) is 23.0. The van der Waals surface area contributed by atoms with Crippen LogP contribution in [0.25, 0.3) is 0 Å². The van der Waals surface area contributed by atoms with E-state index in [9.17, 15) is 0 Å². The van der Waals surface area contributed by atoms with Crippen LogP contribution in [-0.2, 0) is 24.0 Å². The molecule has 2 rings (SSSR count). The molecule has 0 bridgehead atoms. The van der Waals surface area contributed by atoms with Crippen molar-refractivity contribution in [1.82, 2.24) is 9.58 Å². The van der Waals surface area contributed by atoms with Crippen molar-refractivity contribution in [1.29, 1.82) is 0 Å². The SMILES string of the molecule is CC(C)(C)N1CCc2c(c[n+](C(C)(C)C)n2C(C)(C)C)C1. The van der Waals surface area contributed by atoms with E-state index < -0.39 is 0 Å². The van der Waals surface area contributed by atoms with Crippen molar-refractivity contribution in [3.05, 3.63) is 17.5 Å². The molecule has 3 nitrogen and oxygen atoms in total. The minimum atomic E-state index is 0.108. The molecule has 120 valence electrons. The van der Waals surface area contributed by atoms with E-state index in [1.807, 2.05) is 0 Å². The topological polar surface area (TPSA) is 12.1 Å². The molecule has 1 aliphatic rings. The number of nitrogens with zero attached hydrogens (tertiary/aromatic N) is 3. The van der Waals surface area contributed by atoms with Gasteiger partial charge in [0, 0.05) is 45.8 Å². The molecule has 0 fully saturated rings. The molecule has 21 heavy (non-hydrogen) atoms. The summed E-state index contributed by atoms with van der Waals surface area (Å²) in [7, 11) is 0. The molecule has 0 aliphatic carbocycles. The fourth-order valence-corrected chi connectivity index (χ4v) is 3.26. The summed E-state index contributed by atoms with van der Waals surface area (Å²) >= 11 is 0. The Morgan fingerprint density at radius 2 is 1.48 bits per heavy atom. The van der Waals surface area contributed by atoms with E-state index in [0.29, 0.717) is 0 Å². The Morgan fingerprint density at radius 1 is 0.905 bits per heavy atom. The van der Waals surface area contributed by atoms with Gasteiger partial charge in [0.2, 0.25) is 6.20 Å². The van der Waals surface area contributed by atoms with Crippen molar-refractivity contribution in [2.24, 2.45) is 0 Å². The maximum absolute atomic E-state index is 2.59. The second-order valence-electron chi connectivity index (χ2n) is 9.44. The van der Waals surface area contributed by atoms with Crippen LogP contribution < -0.4 is 4.68 Å². The van der Waals surface area contributed by atoms with Crippen LogP contribution in [0, 0.1) is 0 Å². The van der Waals surface area contributed by atoms with Gasteiger partial charge in [-0.3, -0.25) is 4.90 Å². The Labute approximate surface area is 130 Å². The molecular formula is C18H34N3+. The largest absolute Gasteiger partial charge is 0.294 e. The molecule has 0 aromatic carbocycles. The molecule has 3 heteroatoms. The van der Waals surface area contributed by atoms with Crippen LogP contribution in [0.2, 0.25) is 0 Å². The fraction of sp³-hybridized carbons (Fsp3) is 0.833. The summed E-state index contributed by atoms with van der Waals surface area (Å²) in [4.78, 5) is 2.59. The van der Waals surface area contributed by atoms with Crippen LogP contribution in [0.5, 0.6) is 0 Å². The zero-order valence-electron chi connectivity index (χ0n) is 15.5. The van der Waals surface area contributed by atoms with Crippen molar-refractivity contribution in [3.63, 3.8) is 0 Å². The number of hydrogen-bond acceptors (Lipinski definition) is 1. The molecular weight excluding hydrogens is 258 g/mol. The van der Waals surface area contributed by atoms with Gasteiger partial charge in [-0.05, 0) is 41.5 Å². The molecule has 1 aliphatic heterocycles. The standard InChI is InChI=1S/C18H34N3/c1-16(2,3)19-11-10-15-14(12-19)13-20(17(4,5)6)21(15)18(7,8)9/h13H,10-12H2,1-9H3/q+1. The summed E-state index contributed by atoms with van der Waals surface area (Å²) in [5.41, 5.74) is 3.50. The van der Waals surface area contributed by atoms with Crippen LogP contribution in [0.15, 0.2) is 6.20 Å². The van der Waals surface area contributed by atoms with Gasteiger partial charge in [-0.1, -0.05) is 0 Å². The summed E-state index contributed by atoms with van der Waals surface area (Å²) in [5, 5.41) is 0. The lowest BCUT2D eigenvalue weighted by Crippen LogP contribution is -2.60. The normalized spacial score (nSPS) is 18.0. The minimum absolute atomic E-state index is 0.108. The number of fused-ring (bicyclic) bond motifs is 1. The molecule has 2 heterocycles. The first-order valence-electron chi connectivity index (χ1n) is 8.23. The smallest absolute Gasteiger partial charge is 0.201 e. The Kier molecular flexibility index (Phi) is 3.81. The second-order valence-corrected chi connectivity index (χ2v) is 9.44. The van der Waals surface area contributed by atoms with E-state index in [-0.39, 0.29) is 16.6 Å². The Bertz CT molecular complexity index is 518. The first kappa shape index (κ1) is 16.5. The van der Waals surface area contributed by atoms with E-state index in [1.165, 1.54) is 11.3 Å². The maximum Gasteiger partial charge on any atom is 0.201 e. The van der Waals surface area contributed by atoms with Gasteiger partial charge in [-0.2, -0.15) is 4.68 Å². The highest BCUT2D eigenvalue weighted by Gasteiger charge is 2.39. The van der Waals surface area contributed by atoms with E-state index in [4.69, 9.17) is 0 Å². The van der Waals surface area contributed by atoms with Crippen LogP contribution in [0.3, 0.4) is 0 Å². The average Bonchev–Trinajstić information content (AvgIpc) is 2.64. The summed E-state index contributed by atoms with van der Waals surface area (Å²) in [6, 6.07) is 0. The molecule has 0 amide bonds. The van der Waals surface area contributed by atoms with Crippen LogP contribution >= 0.6 is 0 Å². The van der Waals surface area contributed by atoms with E-state index in [2.05, 4.69) is 82.8 Å². The number of aromatic nitrogens is 2. The van der Waals surface area contributed by atoms with Gasteiger partial charge < -0.3 is 0 Å². The quantitative estimate of drug-likeness (QED) is 0.667. The summed E-state index contributed by atoms with van der Waals surface area (Å²) in [6.07, 6.45) is 3.53. The highest BCUT2D eigenvalue weighted by Crippen LogP contribution is 2.28. The van der Waals surface area contributed by atoms with Gasteiger partial charge in [0.25, 0.3) is 0 Å². The average molecular weight is 292 g/mol. The predicted molar refractivity (Wildman–Crippen MR) is 88.5 cm³/mol. The van der Waals surface area contributed by atoms with Gasteiger partial charge in [0.05, 0.1) is 16.8 Å². The summed E-state index contributed by atoms with van der Waals surface area (Å²) < 4.78 is 4.98. The van der Waals surface area contributed by atoms with Crippen LogP contribution in [-0.4, -0.2) is 21.7 Å². The van der Waals surface area contributed by atoms with Crippen LogP contribution in [0.1, 0.15) is 73.6 Å². The number of rotatable bonds is 0. The zero-order chi connectivity index (χ0) is 16.2. The Hall–Kier alpha value is -0.830. The van der Waals surface area contributed by atoms with Crippen molar-refractivity contribution >= 4 is 0 Å². The van der Waals surface area contributed by atoms with E-state index in [0.717, 1.165) is 19.5 Å². The predicted octanol–water partition coefficient (Wildman–Crippen LogP) is 3.44. The number of hydrogen-bond donors (Lipinski definition) is 0. The van der Waals surface area contributed by atoms with Crippen molar-refractivity contribution in [2.75, 3.05) is 6.54 Å². The monoisotopic (exact) mass is 292 g/mol. The molecule has 1 aromatic heterocycles. The maximum atomic E-state index is 2.59. The molecule has 0 saturated carbocycles. The van der Waals surface area contributed by atoms with Gasteiger partial charge in [0.15, 0.2) is 5.54 Å². The molecule has 0 radical (unpaired) electrons. The van der Waals surface area contributed by atoms with Crippen LogP contribution in [0.4, 0.5) is 0 Å². The Morgan fingerprint density at radius 3 is 1.90 bits per heavy atom. The van der Waals surface area contributed by atoms with E-state index >= 15 is 0 Å². The minimum Gasteiger partial charge on any atom is -0.294 e. The van der Waals surface area contributed by atoms with Crippen molar-refractivity contribution < 1.29 is 4.68 Å². The first-order valence-corrected chi connectivity index (χ1v) is 8.23. The lowest BCUT2D eigenvalue weighted by atomic mass is 9.99. The van der Waals surface area contributed by atoms with Gasteiger partial charge in [-0.15, -0.1) is 4.68 Å². The molecule has 0 saturated heterocycles. The molecule has 0 spiro atoms. The highest BCUT2D eigenvalue weighted by atomic mass is 15.5. The second kappa shape index (κ2) is 4.84. The third kappa shape index (κ3) is 3.18. The van der Waals surface area contributed by atoms with E-state index in [1.54, 1.807) is 0 Å². The lowest BCUT2D eigenvalue weighted by Gasteiger charge is -2.38. The molecule has 0 unspecified atom stereocenters. The van der Waals surface area contributed by atoms with Crippen molar-refractivity contribution in [2.45, 2.75) is 91.9 Å². The molecule has 1 aromatic rings. The van der Waals surface area contributed by atoms with Gasteiger partial charge in [-0.25, -0.2) is 0 Å². The first-order chi connectivity index (χ1) is 9.32. The molecule has 0 atom stereocenters. The summed E-state index contributed by atoms with van der Waals surface area (Å²) in [5.74, 6) is 0. The van der Waals surface area contributed by atoms with Gasteiger partial charge >= 0.3 is 0 Å². The van der Waals surface area contributed by atoms with Crippen molar-refractivity contribution in [3.8, 4) is 0 Å². The third-order valence-electron chi connectivity index (χ3n) is 4.37. The van der Waals surface area contributed by atoms with Gasteiger partial charge in [0.1, 0.15) is 0 Å².